The molecule has 0 N–H and O–H groups in total. The maximum atomic E-state index is 13.7. The number of para-hydroxylation sites is 2. The Bertz CT molecular complexity index is 1460. The highest BCUT2D eigenvalue weighted by Gasteiger charge is 2.31. The molecule has 13 heteroatoms. The molecule has 0 aliphatic heterocycles. The maximum absolute atomic E-state index is 13.7. The van der Waals surface area contributed by atoms with Gasteiger partial charge in [-0.1, -0.05) is 23.7 Å². The van der Waals surface area contributed by atoms with E-state index in [0.717, 1.165) is 37.7 Å². The molecule has 0 fully saturated rings. The molecule has 0 bridgehead atoms. The van der Waals surface area contributed by atoms with E-state index >= 15 is 0 Å². The summed E-state index contributed by atoms with van der Waals surface area (Å²) in [7, 11) is -0.495. The van der Waals surface area contributed by atoms with Crippen LogP contribution in [0.15, 0.2) is 63.0 Å². The van der Waals surface area contributed by atoms with E-state index in [0.29, 0.717) is 0 Å². The Morgan fingerprint density at radius 2 is 1.76 bits per heavy atom. The summed E-state index contributed by atoms with van der Waals surface area (Å²) in [5, 5.41) is 11.0. The van der Waals surface area contributed by atoms with Gasteiger partial charge in [0.05, 0.1) is 29.3 Å². The smallest absolute Gasteiger partial charge is 0.330 e. The van der Waals surface area contributed by atoms with E-state index in [4.69, 9.17) is 16.3 Å². The van der Waals surface area contributed by atoms with E-state index in [-0.39, 0.29) is 22.2 Å². The average Bonchev–Trinajstić information content (AvgIpc) is 2.79. The van der Waals surface area contributed by atoms with E-state index in [1.165, 1.54) is 33.3 Å². The van der Waals surface area contributed by atoms with Crippen LogP contribution in [-0.4, -0.2) is 29.6 Å². The van der Waals surface area contributed by atoms with E-state index < -0.39 is 43.3 Å². The van der Waals surface area contributed by atoms with Gasteiger partial charge in [-0.3, -0.25) is 28.3 Å². The van der Waals surface area contributed by atoms with Gasteiger partial charge in [-0.05, 0) is 18.2 Å². The zero-order chi connectivity index (χ0) is 24.5. The van der Waals surface area contributed by atoms with E-state index in [1.807, 2.05) is 0 Å². The van der Waals surface area contributed by atoms with E-state index in [1.54, 1.807) is 12.1 Å². The third-order valence-electron chi connectivity index (χ3n) is 4.98. The second-order valence-electron chi connectivity index (χ2n) is 6.93. The van der Waals surface area contributed by atoms with Crippen molar-refractivity contribution in [3.8, 4) is 5.75 Å². The quantitative estimate of drug-likeness (QED) is 0.362. The lowest BCUT2D eigenvalue weighted by Gasteiger charge is -2.27. The molecule has 0 spiro atoms. The van der Waals surface area contributed by atoms with Crippen LogP contribution < -0.4 is 20.3 Å². The summed E-state index contributed by atoms with van der Waals surface area (Å²) in [6.45, 7) is -0.455. The average molecular weight is 495 g/mol. The number of ether oxygens (including phenoxy) is 1. The molecule has 1 aromatic heterocycles. The highest BCUT2D eigenvalue weighted by molar-refractivity contribution is 7.93. The van der Waals surface area contributed by atoms with Crippen molar-refractivity contribution in [2.75, 3.05) is 11.4 Å². The zero-order valence-electron chi connectivity index (χ0n) is 17.8. The lowest BCUT2D eigenvalue weighted by Crippen LogP contribution is -2.40. The fourth-order valence-electron chi connectivity index (χ4n) is 3.13. The molecule has 0 amide bonds. The third-order valence-corrected chi connectivity index (χ3v) is 7.22. The Hall–Kier alpha value is -3.64. The molecule has 33 heavy (non-hydrogen) atoms. The predicted octanol–water partition coefficient (Wildman–Crippen LogP) is 2.05. The largest absolute Gasteiger partial charge is 0.495 e. The molecule has 2 aromatic carbocycles. The number of anilines is 1. The lowest BCUT2D eigenvalue weighted by molar-refractivity contribution is -0.385. The number of hydrogen-bond acceptors (Lipinski definition) is 7. The Kier molecular flexibility index (Phi) is 6.60. The highest BCUT2D eigenvalue weighted by Crippen LogP contribution is 2.36. The first-order valence-electron chi connectivity index (χ1n) is 9.34. The van der Waals surface area contributed by atoms with Gasteiger partial charge in [0.1, 0.15) is 10.6 Å². The van der Waals surface area contributed by atoms with Crippen LogP contribution in [0.25, 0.3) is 0 Å². The number of nitro groups is 1. The fourth-order valence-corrected chi connectivity index (χ4v) is 5.08. The van der Waals surface area contributed by atoms with Gasteiger partial charge in [-0.15, -0.1) is 0 Å². The van der Waals surface area contributed by atoms with Crippen LogP contribution in [0.1, 0.15) is 5.69 Å². The second-order valence-corrected chi connectivity index (χ2v) is 9.17. The number of nitro benzene ring substituents is 1. The molecule has 0 aliphatic rings. The normalized spacial score (nSPS) is 11.3. The van der Waals surface area contributed by atoms with Gasteiger partial charge >= 0.3 is 5.69 Å². The minimum Gasteiger partial charge on any atom is -0.495 e. The van der Waals surface area contributed by atoms with Crippen molar-refractivity contribution in [2.45, 2.75) is 11.4 Å². The van der Waals surface area contributed by atoms with Gasteiger partial charge < -0.3 is 4.74 Å². The van der Waals surface area contributed by atoms with Crippen LogP contribution in [-0.2, 0) is 30.7 Å². The molecule has 0 radical (unpaired) electrons. The Morgan fingerprint density at radius 1 is 1.09 bits per heavy atom. The number of rotatable bonds is 7. The fraction of sp³-hybridized carbons (Fsp3) is 0.200. The first-order valence-corrected chi connectivity index (χ1v) is 11.2. The van der Waals surface area contributed by atoms with Gasteiger partial charge in [0, 0.05) is 38.0 Å². The summed E-state index contributed by atoms with van der Waals surface area (Å²) in [6.07, 6.45) is 0. The monoisotopic (exact) mass is 494 g/mol. The van der Waals surface area contributed by atoms with Crippen molar-refractivity contribution in [1.29, 1.82) is 0 Å². The molecule has 174 valence electrons. The number of nitrogens with zero attached hydrogens (tertiary/aromatic N) is 4. The molecule has 0 saturated carbocycles. The van der Waals surface area contributed by atoms with Crippen LogP contribution >= 0.6 is 11.6 Å². The van der Waals surface area contributed by atoms with E-state index in [9.17, 15) is 28.1 Å². The molecule has 3 rings (SSSR count). The van der Waals surface area contributed by atoms with Crippen molar-refractivity contribution in [1.82, 2.24) is 9.13 Å². The second kappa shape index (κ2) is 9.08. The van der Waals surface area contributed by atoms with Gasteiger partial charge in [-0.25, -0.2) is 13.2 Å². The van der Waals surface area contributed by atoms with Crippen LogP contribution in [0, 0.1) is 10.1 Å². The molecule has 1 heterocycles. The van der Waals surface area contributed by atoms with Crippen molar-refractivity contribution in [2.24, 2.45) is 14.1 Å². The maximum Gasteiger partial charge on any atom is 0.330 e. The van der Waals surface area contributed by atoms with Crippen LogP contribution in [0.3, 0.4) is 0 Å². The molecule has 0 saturated heterocycles. The van der Waals surface area contributed by atoms with Gasteiger partial charge in [-0.2, -0.15) is 0 Å². The lowest BCUT2D eigenvalue weighted by atomic mass is 10.2. The molecule has 3 aromatic rings. The molecular weight excluding hydrogens is 476 g/mol. The number of halogens is 1. The zero-order valence-corrected chi connectivity index (χ0v) is 19.3. The number of sulfonamides is 1. The summed E-state index contributed by atoms with van der Waals surface area (Å²) >= 11 is 6.13. The first kappa shape index (κ1) is 24.0. The van der Waals surface area contributed by atoms with Crippen LogP contribution in [0.4, 0.5) is 11.4 Å². The number of methoxy groups -OCH3 is 1. The van der Waals surface area contributed by atoms with Crippen molar-refractivity contribution >= 4 is 33.0 Å². The molecule has 11 nitrogen and oxygen atoms in total. The number of hydrogen-bond donors (Lipinski definition) is 0. The highest BCUT2D eigenvalue weighted by atomic mass is 35.5. The summed E-state index contributed by atoms with van der Waals surface area (Å²) in [4.78, 5) is 34.6. The Labute approximate surface area is 193 Å². The first-order chi connectivity index (χ1) is 15.5. The summed E-state index contributed by atoms with van der Waals surface area (Å²) in [5.74, 6) is 0.177. The standard InChI is InChI=1S/C20H19ClN4O7S/c1-22-14(11-19(26)23(2)20(22)27)12-24(16-6-4-5-7-17(16)32-3)33(30,31)18-10-13(25(28)29)8-9-15(18)21/h4-11H,12H2,1-3H3. The SMILES string of the molecule is COc1ccccc1N(Cc1cc(=O)n(C)c(=O)n1C)S(=O)(=O)c1cc([N+](=O)[O-])ccc1Cl. The van der Waals surface area contributed by atoms with Crippen LogP contribution in [0.5, 0.6) is 5.75 Å². The van der Waals surface area contributed by atoms with Gasteiger partial charge in [0.2, 0.25) is 0 Å². The molecular formula is C20H19ClN4O7S. The van der Waals surface area contributed by atoms with E-state index in [2.05, 4.69) is 0 Å². The summed E-state index contributed by atoms with van der Waals surface area (Å²) in [5.41, 5.74) is -1.59. The summed E-state index contributed by atoms with van der Waals surface area (Å²) in [6, 6.07) is 10.4. The number of non-ortho nitro benzene ring substituents is 1. The number of benzene rings is 2. The van der Waals surface area contributed by atoms with Crippen molar-refractivity contribution in [3.05, 3.63) is 90.2 Å². The summed E-state index contributed by atoms with van der Waals surface area (Å²) < 4.78 is 35.7. The minimum atomic E-state index is -4.53. The van der Waals surface area contributed by atoms with Crippen molar-refractivity contribution in [3.63, 3.8) is 0 Å². The van der Waals surface area contributed by atoms with Crippen LogP contribution in [0.2, 0.25) is 5.02 Å². The van der Waals surface area contributed by atoms with Crippen molar-refractivity contribution < 1.29 is 18.1 Å². The minimum absolute atomic E-state index is 0.0794. The topological polar surface area (TPSA) is 134 Å². The molecule has 0 aliphatic carbocycles. The Balaban J connectivity index is 2.30. The molecule has 0 atom stereocenters. The Morgan fingerprint density at radius 3 is 2.39 bits per heavy atom. The predicted molar refractivity (Wildman–Crippen MR) is 121 cm³/mol. The number of aromatic nitrogens is 2. The molecule has 0 unspecified atom stereocenters. The third kappa shape index (κ3) is 4.47. The van der Waals surface area contributed by atoms with Gasteiger partial charge in [0.15, 0.2) is 0 Å². The van der Waals surface area contributed by atoms with Gasteiger partial charge in [0.25, 0.3) is 21.3 Å².